The number of hydrogen-bond donors (Lipinski definition) is 4. The van der Waals surface area contributed by atoms with E-state index in [1.807, 2.05) is 0 Å². The molecule has 7 heteroatoms. The number of aliphatic hydroxyl groups is 2. The van der Waals surface area contributed by atoms with E-state index in [0.29, 0.717) is 5.56 Å². The molecule has 2 aromatic rings. The van der Waals surface area contributed by atoms with Crippen LogP contribution in [0.5, 0.6) is 0 Å². The average molecular weight is 348 g/mol. The van der Waals surface area contributed by atoms with Crippen LogP contribution >= 0.6 is 0 Å². The van der Waals surface area contributed by atoms with Gasteiger partial charge in [-0.2, -0.15) is 0 Å². The number of benzene rings is 2. The Labute approximate surface area is 144 Å². The lowest BCUT2D eigenvalue weighted by atomic mass is 10.1. The monoisotopic (exact) mass is 348 g/mol. The molecular weight excluding hydrogens is 328 g/mol. The third kappa shape index (κ3) is 10.4. The molecular formula is C18H20O7. The Morgan fingerprint density at radius 1 is 0.840 bits per heavy atom. The summed E-state index contributed by atoms with van der Waals surface area (Å²) >= 11 is 0. The van der Waals surface area contributed by atoms with Crippen LogP contribution in [-0.2, 0) is 4.79 Å². The highest BCUT2D eigenvalue weighted by Gasteiger charge is 2.12. The molecule has 0 bridgehead atoms. The van der Waals surface area contributed by atoms with Gasteiger partial charge in [0.15, 0.2) is 0 Å². The van der Waals surface area contributed by atoms with Gasteiger partial charge in [-0.25, -0.2) is 9.59 Å². The van der Waals surface area contributed by atoms with Crippen LogP contribution in [0.3, 0.4) is 0 Å². The number of aromatic carboxylic acids is 1. The average Bonchev–Trinajstić information content (AvgIpc) is 2.63. The van der Waals surface area contributed by atoms with Crippen LogP contribution in [0.1, 0.15) is 27.6 Å². The van der Waals surface area contributed by atoms with Crippen molar-refractivity contribution in [1.29, 1.82) is 0 Å². The van der Waals surface area contributed by atoms with Crippen molar-refractivity contribution in [2.24, 2.45) is 0 Å². The molecule has 0 aromatic heterocycles. The van der Waals surface area contributed by atoms with Crippen LogP contribution in [0.15, 0.2) is 60.7 Å². The van der Waals surface area contributed by atoms with Crippen molar-refractivity contribution >= 4 is 17.7 Å². The molecule has 1 atom stereocenters. The lowest BCUT2D eigenvalue weighted by Gasteiger charge is -1.91. The topological polar surface area (TPSA) is 132 Å². The minimum atomic E-state index is -1.42. The van der Waals surface area contributed by atoms with Crippen LogP contribution in [0.2, 0.25) is 0 Å². The fraction of sp³-hybridized carbons (Fsp3) is 0.167. The van der Waals surface area contributed by atoms with E-state index in [9.17, 15) is 14.4 Å². The Morgan fingerprint density at radius 2 is 1.20 bits per heavy atom. The molecule has 0 heterocycles. The molecule has 134 valence electrons. The van der Waals surface area contributed by atoms with Crippen molar-refractivity contribution in [3.05, 3.63) is 71.8 Å². The molecule has 0 aliphatic carbocycles. The van der Waals surface area contributed by atoms with Gasteiger partial charge in [-0.3, -0.25) is 4.79 Å². The molecule has 0 aliphatic rings. The highest BCUT2D eigenvalue weighted by molar-refractivity contribution is 6.39. The van der Waals surface area contributed by atoms with Gasteiger partial charge in [-0.15, -0.1) is 0 Å². The predicted molar refractivity (Wildman–Crippen MR) is 90.6 cm³/mol. The first-order valence-electron chi connectivity index (χ1n) is 7.19. The number of aliphatic carboxylic acids is 1. The quantitative estimate of drug-likeness (QED) is 0.488. The Bertz CT molecular complexity index is 652. The molecule has 0 saturated carbocycles. The molecule has 2 aromatic carbocycles. The van der Waals surface area contributed by atoms with E-state index in [2.05, 4.69) is 0 Å². The summed E-state index contributed by atoms with van der Waals surface area (Å²) in [5, 5.41) is 32.7. The van der Waals surface area contributed by atoms with E-state index in [1.165, 1.54) is 19.1 Å². The second-order valence-electron chi connectivity index (χ2n) is 4.70. The van der Waals surface area contributed by atoms with E-state index >= 15 is 0 Å². The zero-order valence-electron chi connectivity index (χ0n) is 13.6. The van der Waals surface area contributed by atoms with E-state index in [4.69, 9.17) is 20.4 Å². The van der Waals surface area contributed by atoms with Crippen LogP contribution < -0.4 is 0 Å². The number of carbonyl (C=O) groups excluding carboxylic acids is 1. The van der Waals surface area contributed by atoms with Crippen molar-refractivity contribution in [2.45, 2.75) is 13.0 Å². The normalized spacial score (nSPS) is 10.2. The summed E-state index contributed by atoms with van der Waals surface area (Å²) in [4.78, 5) is 31.1. The summed E-state index contributed by atoms with van der Waals surface area (Å²) in [6, 6.07) is 16.2. The highest BCUT2D eigenvalue weighted by Crippen LogP contribution is 1.99. The third-order valence-corrected chi connectivity index (χ3v) is 2.52. The first-order valence-corrected chi connectivity index (χ1v) is 7.19. The van der Waals surface area contributed by atoms with Gasteiger partial charge >= 0.3 is 11.9 Å². The van der Waals surface area contributed by atoms with Gasteiger partial charge < -0.3 is 20.4 Å². The molecule has 4 N–H and O–H groups in total. The Kier molecular flexibility index (Phi) is 10.9. The summed E-state index contributed by atoms with van der Waals surface area (Å²) in [7, 11) is 0. The summed E-state index contributed by atoms with van der Waals surface area (Å²) < 4.78 is 0. The van der Waals surface area contributed by atoms with Gasteiger partial charge in [0.25, 0.3) is 5.78 Å². The fourth-order valence-corrected chi connectivity index (χ4v) is 1.29. The van der Waals surface area contributed by atoms with E-state index < -0.39 is 23.8 Å². The van der Waals surface area contributed by atoms with Crippen LogP contribution in [0.4, 0.5) is 0 Å². The number of carboxylic acids is 2. The molecule has 7 nitrogen and oxygen atoms in total. The number of carbonyl (C=O) groups is 3. The zero-order valence-corrected chi connectivity index (χ0v) is 13.6. The van der Waals surface area contributed by atoms with Gasteiger partial charge in [-0.1, -0.05) is 48.5 Å². The molecule has 25 heavy (non-hydrogen) atoms. The second kappa shape index (κ2) is 12.4. The number of carboxylic acid groups (broad SMARTS) is 2. The first-order chi connectivity index (χ1) is 11.8. The molecule has 0 radical (unpaired) electrons. The van der Waals surface area contributed by atoms with Gasteiger partial charge in [0, 0.05) is 5.56 Å². The molecule has 0 saturated heterocycles. The molecule has 0 spiro atoms. The van der Waals surface area contributed by atoms with E-state index in [-0.39, 0.29) is 12.2 Å². The van der Waals surface area contributed by atoms with Crippen molar-refractivity contribution in [3.63, 3.8) is 0 Å². The van der Waals surface area contributed by atoms with Crippen molar-refractivity contribution < 1.29 is 34.8 Å². The Hall–Kier alpha value is -3.03. The highest BCUT2D eigenvalue weighted by atomic mass is 16.4. The number of Topliss-reactive ketones (excluding diaryl/α,β-unsaturated/α-hetero) is 1. The van der Waals surface area contributed by atoms with Gasteiger partial charge in [0.1, 0.15) is 0 Å². The van der Waals surface area contributed by atoms with Crippen LogP contribution in [-0.4, -0.2) is 50.9 Å². The third-order valence-electron chi connectivity index (χ3n) is 2.52. The number of rotatable bonds is 4. The molecule has 1 unspecified atom stereocenters. The van der Waals surface area contributed by atoms with Crippen LogP contribution in [0.25, 0.3) is 0 Å². The Morgan fingerprint density at radius 3 is 1.44 bits per heavy atom. The van der Waals surface area contributed by atoms with Crippen molar-refractivity contribution in [2.75, 3.05) is 6.61 Å². The molecule has 0 amide bonds. The summed E-state index contributed by atoms with van der Waals surface area (Å²) in [5.41, 5.74) is 0.539. The fourth-order valence-electron chi connectivity index (χ4n) is 1.29. The van der Waals surface area contributed by atoms with Crippen molar-refractivity contribution in [3.8, 4) is 0 Å². The largest absolute Gasteiger partial charge is 0.478 e. The summed E-state index contributed by atoms with van der Waals surface area (Å²) in [6.07, 6.45) is -0.560. The summed E-state index contributed by atoms with van der Waals surface area (Å²) in [5.74, 6) is -3.17. The lowest BCUT2D eigenvalue weighted by Crippen LogP contribution is -2.12. The lowest BCUT2D eigenvalue weighted by molar-refractivity contribution is -0.131. The van der Waals surface area contributed by atoms with Gasteiger partial charge in [0.2, 0.25) is 0 Å². The van der Waals surface area contributed by atoms with E-state index in [1.54, 1.807) is 48.5 Å². The summed E-state index contributed by atoms with van der Waals surface area (Å²) in [6.45, 7) is 1.39. The van der Waals surface area contributed by atoms with Gasteiger partial charge in [-0.05, 0) is 19.1 Å². The minimum absolute atomic E-state index is 0.139. The molecule has 2 rings (SSSR count). The van der Waals surface area contributed by atoms with Crippen LogP contribution in [0, 0.1) is 0 Å². The predicted octanol–water partition coefficient (Wildman–Crippen LogP) is 1.70. The maximum atomic E-state index is 10.7. The number of ketones is 1. The standard InChI is InChI=1S/C8H6O3.C7H6O2.C3H8O2/c9-7(8(10)11)6-4-2-1-3-5-6;8-7(9)6-4-2-1-3-5-6;1-3(5)2-4/h1-5H,(H,10,11);1-5H,(H,8,9);3-5H,2H2,1H3. The second-order valence-corrected chi connectivity index (χ2v) is 4.70. The number of aliphatic hydroxyl groups excluding tert-OH is 2. The minimum Gasteiger partial charge on any atom is -0.478 e. The smallest absolute Gasteiger partial charge is 0.377 e. The van der Waals surface area contributed by atoms with Gasteiger partial charge in [0.05, 0.1) is 18.3 Å². The maximum Gasteiger partial charge on any atom is 0.377 e. The maximum absolute atomic E-state index is 10.7. The molecule has 0 aliphatic heterocycles. The van der Waals surface area contributed by atoms with E-state index in [0.717, 1.165) is 0 Å². The SMILES string of the molecule is CC(O)CO.O=C(O)C(=O)c1ccccc1.O=C(O)c1ccccc1. The van der Waals surface area contributed by atoms with Crippen molar-refractivity contribution in [1.82, 2.24) is 0 Å². The first kappa shape index (κ1) is 22.0. The number of hydrogen-bond acceptors (Lipinski definition) is 5. The molecule has 0 fully saturated rings. The zero-order chi connectivity index (χ0) is 19.2. The Balaban J connectivity index is 0.000000372.